The van der Waals surface area contributed by atoms with Crippen molar-refractivity contribution in [2.45, 2.75) is 33.6 Å². The van der Waals surface area contributed by atoms with E-state index < -0.39 is 0 Å². The summed E-state index contributed by atoms with van der Waals surface area (Å²) in [5.41, 5.74) is 1.12. The molecule has 1 saturated carbocycles. The summed E-state index contributed by atoms with van der Waals surface area (Å²) in [6, 6.07) is 0. The van der Waals surface area contributed by atoms with Gasteiger partial charge in [0.2, 0.25) is 0 Å². The van der Waals surface area contributed by atoms with E-state index in [1.165, 1.54) is 0 Å². The van der Waals surface area contributed by atoms with Crippen LogP contribution in [0.2, 0.25) is 0 Å². The third-order valence-corrected chi connectivity index (χ3v) is 3.76. The van der Waals surface area contributed by atoms with Crippen LogP contribution in [0.4, 0.5) is 0 Å². The van der Waals surface area contributed by atoms with Crippen molar-refractivity contribution < 1.29 is 4.79 Å². The van der Waals surface area contributed by atoms with Crippen LogP contribution in [0.1, 0.15) is 33.6 Å². The first-order chi connectivity index (χ1) is 6.97. The molecule has 0 aromatic rings. The lowest BCUT2D eigenvalue weighted by Crippen LogP contribution is -2.34. The van der Waals surface area contributed by atoms with Crippen molar-refractivity contribution in [1.29, 1.82) is 0 Å². The molecule has 4 atom stereocenters. The Morgan fingerprint density at radius 2 is 2.27 bits per heavy atom. The molecule has 0 spiro atoms. The fourth-order valence-electron chi connectivity index (χ4n) is 2.42. The number of ketones is 1. The van der Waals surface area contributed by atoms with Gasteiger partial charge in [0.1, 0.15) is 5.78 Å². The Labute approximate surface area is 92.9 Å². The third-order valence-electron chi connectivity index (χ3n) is 3.76. The van der Waals surface area contributed by atoms with Crippen molar-refractivity contribution in [3.05, 3.63) is 12.2 Å². The predicted octanol–water partition coefficient (Wildman–Crippen LogP) is 3.06. The Balaban J connectivity index is 2.82. The molecule has 1 nitrogen and oxygen atoms in total. The van der Waals surface area contributed by atoms with Gasteiger partial charge in [-0.15, -0.1) is 12.3 Å². The zero-order valence-corrected chi connectivity index (χ0v) is 9.92. The Hall–Kier alpha value is -1.03. The number of hydrogen-bond acceptors (Lipinski definition) is 1. The normalized spacial score (nSPS) is 33.2. The zero-order chi connectivity index (χ0) is 11.6. The van der Waals surface area contributed by atoms with E-state index in [9.17, 15) is 4.79 Å². The molecular formula is C14H20O. The Morgan fingerprint density at radius 3 is 2.73 bits per heavy atom. The lowest BCUT2D eigenvalue weighted by Gasteiger charge is -2.35. The molecular weight excluding hydrogens is 184 g/mol. The Bertz CT molecular complexity index is 308. The number of hydrogen-bond donors (Lipinski definition) is 0. The second-order valence-corrected chi connectivity index (χ2v) is 4.86. The molecule has 4 unspecified atom stereocenters. The molecule has 0 amide bonds. The standard InChI is InChI=1S/C14H20O/c1-6-10(4)13-7-12(9(2)3)8-14(15)11(13)5/h1,10-13H,2,7-8H2,3-5H3. The van der Waals surface area contributed by atoms with Gasteiger partial charge in [-0.2, -0.15) is 0 Å². The second-order valence-electron chi connectivity index (χ2n) is 4.86. The molecule has 0 N–H and O–H groups in total. The molecule has 0 heterocycles. The van der Waals surface area contributed by atoms with Crippen LogP contribution in [-0.4, -0.2) is 5.78 Å². The topological polar surface area (TPSA) is 17.1 Å². The smallest absolute Gasteiger partial charge is 0.136 e. The van der Waals surface area contributed by atoms with Crippen LogP contribution in [0.3, 0.4) is 0 Å². The minimum atomic E-state index is 0.117. The fraction of sp³-hybridized carbons (Fsp3) is 0.643. The first-order valence-electron chi connectivity index (χ1n) is 5.61. The number of carbonyl (C=O) groups excluding carboxylic acids is 1. The number of allylic oxidation sites excluding steroid dienone is 1. The van der Waals surface area contributed by atoms with Gasteiger partial charge in [0.25, 0.3) is 0 Å². The maximum atomic E-state index is 11.8. The molecule has 1 aliphatic carbocycles. The molecule has 1 heteroatoms. The summed E-state index contributed by atoms with van der Waals surface area (Å²) in [6.45, 7) is 10.0. The van der Waals surface area contributed by atoms with Gasteiger partial charge in [-0.25, -0.2) is 0 Å². The Kier molecular flexibility index (Phi) is 3.74. The van der Waals surface area contributed by atoms with Gasteiger partial charge in [0.05, 0.1) is 0 Å². The van der Waals surface area contributed by atoms with Crippen molar-refractivity contribution in [3.63, 3.8) is 0 Å². The van der Waals surface area contributed by atoms with Gasteiger partial charge in [0.15, 0.2) is 0 Å². The van der Waals surface area contributed by atoms with E-state index in [1.54, 1.807) is 0 Å². The van der Waals surface area contributed by atoms with Crippen LogP contribution >= 0.6 is 0 Å². The quantitative estimate of drug-likeness (QED) is 0.499. The molecule has 0 aliphatic heterocycles. The van der Waals surface area contributed by atoms with E-state index in [1.807, 2.05) is 20.8 Å². The highest BCUT2D eigenvalue weighted by Crippen LogP contribution is 2.38. The van der Waals surface area contributed by atoms with E-state index in [2.05, 4.69) is 12.5 Å². The maximum Gasteiger partial charge on any atom is 0.136 e. The highest BCUT2D eigenvalue weighted by molar-refractivity contribution is 5.82. The summed E-state index contributed by atoms with van der Waals surface area (Å²) in [6.07, 6.45) is 7.13. The van der Waals surface area contributed by atoms with Crippen molar-refractivity contribution >= 4 is 5.78 Å². The molecule has 15 heavy (non-hydrogen) atoms. The average Bonchev–Trinajstić information content (AvgIpc) is 2.20. The maximum absolute atomic E-state index is 11.8. The van der Waals surface area contributed by atoms with Crippen LogP contribution in [0.25, 0.3) is 0 Å². The zero-order valence-electron chi connectivity index (χ0n) is 9.92. The van der Waals surface area contributed by atoms with E-state index in [0.717, 1.165) is 12.0 Å². The van der Waals surface area contributed by atoms with Crippen molar-refractivity contribution in [2.24, 2.45) is 23.7 Å². The first kappa shape index (κ1) is 12.0. The van der Waals surface area contributed by atoms with Gasteiger partial charge in [0, 0.05) is 18.3 Å². The van der Waals surface area contributed by atoms with E-state index in [4.69, 9.17) is 6.42 Å². The highest BCUT2D eigenvalue weighted by atomic mass is 16.1. The first-order valence-corrected chi connectivity index (χ1v) is 5.61. The third kappa shape index (κ3) is 2.50. The second kappa shape index (κ2) is 4.66. The van der Waals surface area contributed by atoms with E-state index in [0.29, 0.717) is 24.0 Å². The molecule has 0 aromatic heterocycles. The average molecular weight is 204 g/mol. The number of terminal acetylenes is 1. The lowest BCUT2D eigenvalue weighted by atomic mass is 9.68. The largest absolute Gasteiger partial charge is 0.299 e. The van der Waals surface area contributed by atoms with E-state index in [-0.39, 0.29) is 11.8 Å². The van der Waals surface area contributed by atoms with Crippen molar-refractivity contribution in [1.82, 2.24) is 0 Å². The fourth-order valence-corrected chi connectivity index (χ4v) is 2.42. The summed E-state index contributed by atoms with van der Waals surface area (Å²) < 4.78 is 0. The van der Waals surface area contributed by atoms with Gasteiger partial charge in [-0.05, 0) is 25.2 Å². The van der Waals surface area contributed by atoms with Crippen LogP contribution < -0.4 is 0 Å². The molecule has 0 saturated heterocycles. The summed E-state index contributed by atoms with van der Waals surface area (Å²) >= 11 is 0. The van der Waals surface area contributed by atoms with Crippen LogP contribution in [0.5, 0.6) is 0 Å². The van der Waals surface area contributed by atoms with Gasteiger partial charge < -0.3 is 0 Å². The van der Waals surface area contributed by atoms with Gasteiger partial charge in [-0.1, -0.05) is 26.0 Å². The summed E-state index contributed by atoms with van der Waals surface area (Å²) in [7, 11) is 0. The molecule has 82 valence electrons. The predicted molar refractivity (Wildman–Crippen MR) is 63.2 cm³/mol. The number of rotatable bonds is 2. The monoisotopic (exact) mass is 204 g/mol. The molecule has 1 aliphatic rings. The van der Waals surface area contributed by atoms with Gasteiger partial charge >= 0.3 is 0 Å². The van der Waals surface area contributed by atoms with Crippen LogP contribution in [0.15, 0.2) is 12.2 Å². The Morgan fingerprint density at radius 1 is 1.67 bits per heavy atom. The molecule has 1 rings (SSSR count). The number of Topliss-reactive ketones (excluding diaryl/α,β-unsaturated/α-hetero) is 1. The SMILES string of the molecule is C#CC(C)C1CC(C(=C)C)CC(=O)C1C. The molecule has 0 radical (unpaired) electrons. The number of carbonyl (C=O) groups is 1. The minimum absolute atomic E-state index is 0.117. The van der Waals surface area contributed by atoms with Crippen LogP contribution in [-0.2, 0) is 4.79 Å². The van der Waals surface area contributed by atoms with Crippen molar-refractivity contribution in [2.75, 3.05) is 0 Å². The van der Waals surface area contributed by atoms with E-state index >= 15 is 0 Å². The summed E-state index contributed by atoms with van der Waals surface area (Å²) in [5, 5.41) is 0. The van der Waals surface area contributed by atoms with Crippen LogP contribution in [0, 0.1) is 36.0 Å². The minimum Gasteiger partial charge on any atom is -0.299 e. The molecule has 1 fully saturated rings. The van der Waals surface area contributed by atoms with Crippen molar-refractivity contribution in [3.8, 4) is 12.3 Å². The highest BCUT2D eigenvalue weighted by Gasteiger charge is 2.36. The van der Waals surface area contributed by atoms with Gasteiger partial charge in [-0.3, -0.25) is 4.79 Å². The summed E-state index contributed by atoms with van der Waals surface area (Å²) in [4.78, 5) is 11.8. The summed E-state index contributed by atoms with van der Waals surface area (Å²) in [5.74, 6) is 4.09. The lowest BCUT2D eigenvalue weighted by molar-refractivity contribution is -0.127. The molecule has 0 aromatic carbocycles. The molecule has 0 bridgehead atoms.